The summed E-state index contributed by atoms with van der Waals surface area (Å²) in [6.07, 6.45) is 8.01. The number of H-pyrrole nitrogens is 1. The van der Waals surface area contributed by atoms with Gasteiger partial charge in [-0.25, -0.2) is 14.5 Å². The summed E-state index contributed by atoms with van der Waals surface area (Å²) in [5.74, 6) is 0.986. The molecule has 2 amide bonds. The van der Waals surface area contributed by atoms with E-state index in [2.05, 4.69) is 20.4 Å². The molecule has 1 aromatic carbocycles. The van der Waals surface area contributed by atoms with E-state index in [1.807, 2.05) is 29.2 Å². The van der Waals surface area contributed by atoms with E-state index >= 15 is 0 Å². The van der Waals surface area contributed by atoms with Crippen LogP contribution in [0.25, 0.3) is 22.2 Å². The number of nitrogens with zero attached hydrogens (tertiary/aromatic N) is 4. The third-order valence-corrected chi connectivity index (χ3v) is 6.54. The molecular formula is C23H30N6O4. The molecule has 5 rings (SSSR count). The smallest absolute Gasteiger partial charge is 0.324 e. The lowest BCUT2D eigenvalue weighted by molar-refractivity contribution is -0.0394. The molecule has 0 saturated carbocycles. The van der Waals surface area contributed by atoms with Gasteiger partial charge in [-0.05, 0) is 51.2 Å². The average Bonchev–Trinajstić information content (AvgIpc) is 3.46. The van der Waals surface area contributed by atoms with Crippen LogP contribution in [-0.4, -0.2) is 68.2 Å². The molecule has 0 radical (unpaired) electrons. The molecule has 3 aromatic rings. The molecule has 10 heteroatoms. The Morgan fingerprint density at radius 1 is 1.33 bits per heavy atom. The fraction of sp³-hybridized carbons (Fsp3) is 0.522. The molecule has 33 heavy (non-hydrogen) atoms. The summed E-state index contributed by atoms with van der Waals surface area (Å²) in [6.45, 7) is 3.55. The lowest BCUT2D eigenvalue weighted by Crippen LogP contribution is -2.46. The molecule has 0 spiro atoms. The largest absolute Gasteiger partial charge is 0.494 e. The van der Waals surface area contributed by atoms with Gasteiger partial charge in [0.25, 0.3) is 0 Å². The molecule has 2 aliphatic rings. The van der Waals surface area contributed by atoms with Crippen molar-refractivity contribution in [3.05, 3.63) is 24.5 Å². The van der Waals surface area contributed by atoms with Gasteiger partial charge in [-0.3, -0.25) is 5.32 Å². The molecule has 176 valence electrons. The number of amides is 2. The number of methoxy groups -OCH3 is 1. The zero-order valence-corrected chi connectivity index (χ0v) is 19.0. The second kappa shape index (κ2) is 8.68. The first kappa shape index (κ1) is 21.7. The van der Waals surface area contributed by atoms with Crippen molar-refractivity contribution in [1.82, 2.24) is 24.6 Å². The number of hydrogen-bond donors (Lipinski definition) is 3. The maximum absolute atomic E-state index is 12.8. The summed E-state index contributed by atoms with van der Waals surface area (Å²) in [7, 11) is 1.60. The van der Waals surface area contributed by atoms with Gasteiger partial charge >= 0.3 is 6.03 Å². The van der Waals surface area contributed by atoms with E-state index in [4.69, 9.17) is 9.47 Å². The Bertz CT molecular complexity index is 1140. The van der Waals surface area contributed by atoms with E-state index < -0.39 is 5.60 Å². The van der Waals surface area contributed by atoms with Crippen molar-refractivity contribution >= 4 is 23.0 Å². The first-order valence-corrected chi connectivity index (χ1v) is 11.4. The van der Waals surface area contributed by atoms with Crippen LogP contribution in [0.2, 0.25) is 0 Å². The number of likely N-dealkylation sites (tertiary alicyclic amines) is 1. The molecule has 2 fully saturated rings. The molecule has 2 aliphatic heterocycles. The summed E-state index contributed by atoms with van der Waals surface area (Å²) in [6, 6.07) is 3.58. The Labute approximate surface area is 191 Å². The van der Waals surface area contributed by atoms with E-state index in [1.54, 1.807) is 18.9 Å². The Balaban J connectivity index is 1.41. The van der Waals surface area contributed by atoms with Gasteiger partial charge in [-0.1, -0.05) is 0 Å². The summed E-state index contributed by atoms with van der Waals surface area (Å²) in [4.78, 5) is 22.3. The highest BCUT2D eigenvalue weighted by molar-refractivity contribution is 5.98. The molecule has 10 nitrogen and oxygen atoms in total. The standard InChI is InChI=1S/C23H30N6O4/c1-23(31)8-10-28(11-9-23)22(30)27-21-25-19-16(6-7-17(32-2)20(19)26-21)15-13-24-29(14-15)18-5-3-4-12-33-18/h6-7,13-14,18,31H,3-5,8-12H2,1-2H3,(H2,25,26,27,30). The van der Waals surface area contributed by atoms with Crippen molar-refractivity contribution in [2.45, 2.75) is 50.9 Å². The predicted molar refractivity (Wildman–Crippen MR) is 123 cm³/mol. The third-order valence-electron chi connectivity index (χ3n) is 6.54. The summed E-state index contributed by atoms with van der Waals surface area (Å²) < 4.78 is 13.2. The number of carbonyl (C=O) groups excluding carboxylic acids is 1. The summed E-state index contributed by atoms with van der Waals surface area (Å²) >= 11 is 0. The van der Waals surface area contributed by atoms with Crippen LogP contribution in [0.15, 0.2) is 24.5 Å². The summed E-state index contributed by atoms with van der Waals surface area (Å²) in [5.41, 5.74) is 2.48. The lowest BCUT2D eigenvalue weighted by Gasteiger charge is -2.35. The van der Waals surface area contributed by atoms with Gasteiger partial charge in [0.1, 0.15) is 23.0 Å². The van der Waals surface area contributed by atoms with E-state index in [0.29, 0.717) is 48.7 Å². The minimum absolute atomic E-state index is 0.0411. The molecule has 1 atom stereocenters. The predicted octanol–water partition coefficient (Wildman–Crippen LogP) is 3.51. The topological polar surface area (TPSA) is 118 Å². The quantitative estimate of drug-likeness (QED) is 0.555. The number of benzene rings is 1. The van der Waals surface area contributed by atoms with Crippen molar-refractivity contribution in [1.29, 1.82) is 0 Å². The van der Waals surface area contributed by atoms with Crippen molar-refractivity contribution in [2.75, 3.05) is 32.1 Å². The highest BCUT2D eigenvalue weighted by Crippen LogP contribution is 2.35. The number of aliphatic hydroxyl groups is 1. The number of fused-ring (bicyclic) bond motifs is 1. The molecule has 0 aliphatic carbocycles. The van der Waals surface area contributed by atoms with E-state index in [-0.39, 0.29) is 12.3 Å². The van der Waals surface area contributed by atoms with Crippen LogP contribution in [-0.2, 0) is 4.74 Å². The SMILES string of the molecule is COc1ccc(-c2cnn(C3CCCCO3)c2)c2nc(NC(=O)N3CCC(C)(O)CC3)[nH]c12. The van der Waals surface area contributed by atoms with Crippen LogP contribution < -0.4 is 10.1 Å². The number of aromatic amines is 1. The van der Waals surface area contributed by atoms with E-state index in [0.717, 1.165) is 37.0 Å². The molecule has 1 unspecified atom stereocenters. The number of imidazole rings is 1. The Morgan fingerprint density at radius 2 is 2.15 bits per heavy atom. The lowest BCUT2D eigenvalue weighted by atomic mass is 9.94. The van der Waals surface area contributed by atoms with Crippen LogP contribution in [0.1, 0.15) is 45.3 Å². The summed E-state index contributed by atoms with van der Waals surface area (Å²) in [5, 5.41) is 17.5. The molecule has 3 N–H and O–H groups in total. The molecule has 2 aromatic heterocycles. The Kier molecular flexibility index (Phi) is 5.71. The van der Waals surface area contributed by atoms with E-state index in [1.165, 1.54) is 0 Å². The van der Waals surface area contributed by atoms with Crippen molar-refractivity contribution in [3.8, 4) is 16.9 Å². The van der Waals surface area contributed by atoms with Gasteiger partial charge in [-0.15, -0.1) is 0 Å². The first-order valence-electron chi connectivity index (χ1n) is 11.4. The van der Waals surface area contributed by atoms with Gasteiger partial charge in [0.15, 0.2) is 0 Å². The second-order valence-electron chi connectivity index (χ2n) is 9.07. The van der Waals surface area contributed by atoms with Gasteiger partial charge < -0.3 is 24.5 Å². The maximum atomic E-state index is 12.8. The van der Waals surface area contributed by atoms with Gasteiger partial charge in [0, 0.05) is 37.0 Å². The van der Waals surface area contributed by atoms with Gasteiger partial charge in [0.2, 0.25) is 5.95 Å². The highest BCUT2D eigenvalue weighted by atomic mass is 16.5. The number of urea groups is 1. The normalized spacial score (nSPS) is 20.7. The Morgan fingerprint density at radius 3 is 2.88 bits per heavy atom. The monoisotopic (exact) mass is 454 g/mol. The second-order valence-corrected chi connectivity index (χ2v) is 9.07. The fourth-order valence-electron chi connectivity index (χ4n) is 4.47. The average molecular weight is 455 g/mol. The van der Waals surface area contributed by atoms with Crippen LogP contribution >= 0.6 is 0 Å². The number of piperidine rings is 1. The number of aromatic nitrogens is 4. The maximum Gasteiger partial charge on any atom is 0.324 e. The minimum Gasteiger partial charge on any atom is -0.494 e. The number of anilines is 1. The van der Waals surface area contributed by atoms with Gasteiger partial charge in [-0.2, -0.15) is 5.10 Å². The van der Waals surface area contributed by atoms with Crippen LogP contribution in [0.4, 0.5) is 10.7 Å². The first-order chi connectivity index (χ1) is 15.9. The number of nitrogens with one attached hydrogen (secondary N) is 2. The minimum atomic E-state index is -0.717. The molecule has 0 bridgehead atoms. The zero-order valence-electron chi connectivity index (χ0n) is 19.0. The number of carbonyl (C=O) groups is 1. The van der Waals surface area contributed by atoms with Crippen molar-refractivity contribution in [3.63, 3.8) is 0 Å². The number of ether oxygens (including phenoxy) is 2. The van der Waals surface area contributed by atoms with Crippen LogP contribution in [0.5, 0.6) is 5.75 Å². The Hall–Kier alpha value is -3.11. The number of hydrogen-bond acceptors (Lipinski definition) is 6. The van der Waals surface area contributed by atoms with Gasteiger partial charge in [0.05, 0.1) is 18.9 Å². The zero-order chi connectivity index (χ0) is 23.0. The molecule has 4 heterocycles. The van der Waals surface area contributed by atoms with Crippen molar-refractivity contribution in [2.24, 2.45) is 0 Å². The number of rotatable bonds is 4. The molecular weight excluding hydrogens is 424 g/mol. The fourth-order valence-corrected chi connectivity index (χ4v) is 4.47. The van der Waals surface area contributed by atoms with E-state index in [9.17, 15) is 9.90 Å². The highest BCUT2D eigenvalue weighted by Gasteiger charge is 2.30. The van der Waals surface area contributed by atoms with Crippen molar-refractivity contribution < 1.29 is 19.4 Å². The van der Waals surface area contributed by atoms with Crippen LogP contribution in [0.3, 0.4) is 0 Å². The third kappa shape index (κ3) is 4.40. The molecule has 2 saturated heterocycles. The van der Waals surface area contributed by atoms with Crippen LogP contribution in [0, 0.1) is 0 Å².